The van der Waals surface area contributed by atoms with Gasteiger partial charge >= 0.3 is 58.2 Å². The summed E-state index contributed by atoms with van der Waals surface area (Å²) in [4.78, 5) is 21.6. The van der Waals surface area contributed by atoms with Gasteiger partial charge in [-0.15, -0.1) is 0 Å². The first-order chi connectivity index (χ1) is 51.7. The molecule has 0 aromatic heterocycles. The van der Waals surface area contributed by atoms with Crippen molar-refractivity contribution in [1.82, 2.24) is 0 Å². The first-order valence-electron chi connectivity index (χ1n) is 33.8. The molecule has 0 saturated heterocycles. The molecule has 0 radical (unpaired) electrons. The summed E-state index contributed by atoms with van der Waals surface area (Å²) in [6.07, 6.45) is -19.7. The summed E-state index contributed by atoms with van der Waals surface area (Å²) in [7, 11) is -34.2. The molecule has 0 aromatic carbocycles. The van der Waals surface area contributed by atoms with Crippen LogP contribution in [0.5, 0.6) is 0 Å². The Morgan fingerprint density at radius 3 is 0.778 bits per heavy atom. The van der Waals surface area contributed by atoms with Crippen LogP contribution in [0.25, 0.3) is 0 Å². The molecule has 0 fully saturated rings. The summed E-state index contributed by atoms with van der Waals surface area (Å²) >= 11 is 0. The van der Waals surface area contributed by atoms with Gasteiger partial charge in [-0.05, 0) is 153 Å². The third-order valence-corrected chi connectivity index (χ3v) is 35.3. The van der Waals surface area contributed by atoms with E-state index in [1.54, 1.807) is 28.4 Å². The lowest BCUT2D eigenvalue weighted by molar-refractivity contribution is -0.381. The van der Waals surface area contributed by atoms with Crippen molar-refractivity contribution in [2.45, 2.75) is 308 Å². The first-order valence-corrected chi connectivity index (χ1v) is 61.5. The Hall–Kier alpha value is -2.68. The summed E-state index contributed by atoms with van der Waals surface area (Å²) in [5, 5.41) is -13.9. The molecule has 62 heteroatoms. The van der Waals surface area contributed by atoms with Gasteiger partial charge in [0.1, 0.15) is 74.0 Å². The molecule has 0 unspecified atom stereocenters. The number of carbonyl (C=O) groups excluding carboxylic acids is 2. The van der Waals surface area contributed by atoms with Crippen molar-refractivity contribution in [1.29, 1.82) is 0 Å². The van der Waals surface area contributed by atoms with E-state index in [0.717, 1.165) is 12.1 Å². The summed E-state index contributed by atoms with van der Waals surface area (Å²) in [6.45, 7) is 14.6. The number of hydrogen-bond acceptors (Lipinski definition) is 34. The third-order valence-electron chi connectivity index (χ3n) is 14.8. The Morgan fingerprint density at radius 2 is 0.519 bits per heavy atom. The monoisotopic (exact) mass is 2260 g/mol. The zero-order valence-corrected chi connectivity index (χ0v) is 84.4. The lowest BCUT2D eigenvalue weighted by Gasteiger charge is -2.25. The molecule has 0 spiro atoms. The summed E-state index contributed by atoms with van der Waals surface area (Å²) in [6, 6.07) is 3.90. The molecule has 135 heavy (non-hydrogen) atoms. The van der Waals surface area contributed by atoms with Crippen LogP contribution in [0.1, 0.15) is 147 Å². The van der Waals surface area contributed by atoms with Gasteiger partial charge in [0.2, 0.25) is 0 Å². The Morgan fingerprint density at radius 1 is 0.281 bits per heavy atom. The van der Waals surface area contributed by atoms with Gasteiger partial charge in [0.15, 0.2) is 80.3 Å². The highest BCUT2D eigenvalue weighted by Crippen LogP contribution is 2.32. The second-order valence-electron chi connectivity index (χ2n) is 28.3. The molecule has 0 bridgehead atoms. The Kier molecular flexibility index (Phi) is 119. The van der Waals surface area contributed by atoms with Crippen LogP contribution in [0.3, 0.4) is 0 Å². The molecule has 0 heterocycles. The minimum atomic E-state index is -6.04. The van der Waals surface area contributed by atoms with Crippen molar-refractivity contribution in [2.75, 3.05) is 119 Å². The second-order valence-corrected chi connectivity index (χ2v) is 63.5. The number of ether oxygens (including phenoxy) is 8. The molecule has 0 aliphatic rings. The number of carbonyl (C=O) groups is 2. The van der Waals surface area contributed by atoms with E-state index in [9.17, 15) is 158 Å². The highest BCUT2D eigenvalue weighted by atomic mass is 32.2. The van der Waals surface area contributed by atoms with E-state index in [0.29, 0.717) is 56.3 Å². The maximum absolute atomic E-state index is 13.3. The molecule has 0 amide bonds. The summed E-state index contributed by atoms with van der Waals surface area (Å²) in [5.41, 5.74) is 0. The van der Waals surface area contributed by atoms with Gasteiger partial charge in [0, 0.05) is 93.6 Å². The molecule has 0 aliphatic heterocycles. The average Bonchev–Trinajstić information content (AvgIpc) is 0.800. The lowest BCUT2D eigenvalue weighted by Crippen LogP contribution is -2.41. The maximum Gasteiger partial charge on any atom is 0.428 e. The number of unbranched alkanes of at least 4 members (excludes halogenated alkanes) is 2. The van der Waals surface area contributed by atoms with Gasteiger partial charge in [-0.1, -0.05) is 102 Å². The molecule has 0 aromatic rings. The topological polar surface area (TPSA) is 507 Å². The second kappa shape index (κ2) is 82.6. The Bertz CT molecular complexity index is 3570. The summed E-state index contributed by atoms with van der Waals surface area (Å²) in [5.74, 6) is -8.79. The number of alkyl halides is 16. The van der Waals surface area contributed by atoms with Crippen LogP contribution in [0.15, 0.2) is 0 Å². The fraction of sp³-hybridized carbons (Fsp3) is 0.890. The Labute approximate surface area is 812 Å². The van der Waals surface area contributed by atoms with Crippen LogP contribution in [0, 0.1) is 44.6 Å². The van der Waals surface area contributed by atoms with Crippen LogP contribution in [0.4, 0.5) is 70.2 Å². The molecule has 0 N–H and O–H groups in total. The van der Waals surface area contributed by atoms with E-state index < -0.39 is 226 Å². The molecule has 0 saturated carbocycles. The van der Waals surface area contributed by atoms with Gasteiger partial charge in [-0.25, -0.2) is 55.3 Å². The van der Waals surface area contributed by atoms with Crippen molar-refractivity contribution in [3.8, 4) is 0 Å². The fourth-order valence-electron chi connectivity index (χ4n) is 7.11. The van der Waals surface area contributed by atoms with Gasteiger partial charge in [0.25, 0.3) is 0 Å². The van der Waals surface area contributed by atoms with E-state index in [4.69, 9.17) is 26.6 Å². The molecular weight excluding hydrogens is 2090 g/mol. The highest BCUT2D eigenvalue weighted by Gasteiger charge is 2.49. The van der Waals surface area contributed by atoms with Gasteiger partial charge in [-0.3, -0.25) is 9.53 Å². The highest BCUT2D eigenvalue weighted by molar-refractivity contribution is 7.88. The third kappa shape index (κ3) is 112. The summed E-state index contributed by atoms with van der Waals surface area (Å²) < 4.78 is 453. The maximum atomic E-state index is 13.3. The predicted octanol–water partition coefficient (Wildman–Crippen LogP) is 20.1. The van der Waals surface area contributed by atoms with E-state index in [1.807, 2.05) is 78.6 Å². The fourth-order valence-corrected chi connectivity index (χ4v) is 16.7. The van der Waals surface area contributed by atoms with Crippen LogP contribution in [-0.4, -0.2) is 305 Å². The molecule has 34 nitrogen and oxygen atoms in total. The van der Waals surface area contributed by atoms with Crippen molar-refractivity contribution >= 4 is 123 Å². The predicted molar refractivity (Wildman–Crippen MR) is 511 cm³/mol. The molecule has 0 rings (SSSR count). The van der Waals surface area contributed by atoms with Crippen molar-refractivity contribution in [3.63, 3.8) is 0 Å². The van der Waals surface area contributed by atoms with Crippen LogP contribution in [0.2, 0.25) is 115 Å². The zero-order valence-electron chi connectivity index (χ0n) is 73.5. The van der Waals surface area contributed by atoms with E-state index in [2.05, 4.69) is 37.9 Å². The number of esters is 2. The lowest BCUT2D eigenvalue weighted by atomic mass is 10.2. The largest absolute Gasteiger partial charge is 0.748 e. The number of hydrogen-bond donors (Lipinski definition) is 0. The number of halogens is 16. The molecular formula is C73H174F16O34S6Si6. The normalized spacial score (nSPS) is 12.1. The van der Waals surface area contributed by atoms with Crippen molar-refractivity contribution < 1.29 is 222 Å². The minimum absolute atomic E-state index is 0. The number of rotatable bonds is 55. The first kappa shape index (κ1) is 194. The zero-order chi connectivity index (χ0) is 94.1. The van der Waals surface area contributed by atoms with Crippen LogP contribution in [-0.2, 0) is 135 Å². The van der Waals surface area contributed by atoms with Gasteiger partial charge in [0.05, 0.1) is 33.0 Å². The van der Waals surface area contributed by atoms with Gasteiger partial charge < -0.3 is 87.0 Å². The standard InChI is InChI=1S/C12H22F6O7SSi.C10H20F4O6SSi.C9H18F2O6SSi.C8H18F2O5SSi.C8H18F2O4SSi.C8H18O6SSi.12CH4.6CH3/c1-22-27(2,3)6-4-5-24-10(13,14)7-23-8-11(15,16)25-12(17,18)9-26(19,20)21;1-18-22(2,3)6-4-5-20-9(11,12)7-19-8-10(13,14)21(15,16)17;1-16-19(2,3)7-5-4-6-17-8(12)9(10,11)18(13,14)15;1-14-17(2,3)6-4-5-15-8(9,10)7-16(11,12)13;1-14-16(2,3)7-5-4-6-8(9,10)15(11,12)13;1-13-16(2,3)6-4-5-14-8(9)7-15(10,11)12;;;;;;;;;;;;;;;;;;/h4-9H2,1-3H3,(H,19,20,21);4-8H2,1-3H3,(H,15,16,17);4-7H2,1-3H3,(H,13,14,15);4-7H2,1-3H3,(H,11,12,13);4-7H2,1-3H3,(H,11,12,13);4-7H2,1-3H3,(H,10,11,12);12*1H4;6*1H3/q;;;;;;;;;;;;;;;;;;6*+1/p-6. The Balaban J connectivity index is -0.0000000489. The smallest absolute Gasteiger partial charge is 0.428 e. The molecule has 842 valence electrons. The van der Waals surface area contributed by atoms with Crippen LogP contribution >= 0.6 is 0 Å². The minimum Gasteiger partial charge on any atom is -0.748 e. The van der Waals surface area contributed by atoms with E-state index in [1.165, 1.54) is 14.2 Å². The molecule has 0 atom stereocenters. The van der Waals surface area contributed by atoms with Crippen LogP contribution < -0.4 is 0 Å². The molecule has 0 aliphatic carbocycles. The SMILES string of the molecule is C.C.C.C.C.C.C.C.C.C.C.C.CO[Si](C)(C)CCCCC(F)(F)S(=O)(=O)[O-].CO[Si](C)(C)CCCCOC(=O)C(F)(F)S(=O)(=O)[O-].CO[Si](C)(C)CCCOC(=O)CS(=O)(=O)[O-].CO[Si](C)(C)CCCOC(F)(F)COCC(F)(F)OC(F)(F)CS(=O)(=O)[O-].CO[Si](C)(C)CCCOC(F)(F)COCC(F)(F)S(=O)(=O)[O-].CO[Si](C)(C)CCCOC(F)(F)CS(=O)(=O)[O-].[CH3+].[CH3+].[CH3+].[CH3+].[CH3+].[CH3+]. The van der Waals surface area contributed by atoms with E-state index in [-0.39, 0.29) is 179 Å². The average molecular weight is 2260 g/mol. The van der Waals surface area contributed by atoms with Crippen molar-refractivity contribution in [3.05, 3.63) is 44.6 Å². The van der Waals surface area contributed by atoms with E-state index >= 15 is 0 Å². The quantitative estimate of drug-likeness (QED) is 0.0136. The van der Waals surface area contributed by atoms with Gasteiger partial charge in [-0.2, -0.15) is 70.2 Å². The van der Waals surface area contributed by atoms with Crippen molar-refractivity contribution in [2.24, 2.45) is 0 Å².